The molecule has 0 aromatic heterocycles. The first-order valence-electron chi connectivity index (χ1n) is 8.89. The Balaban J connectivity index is 1.84. The fraction of sp³-hybridized carbons (Fsp3) is 0.500. The van der Waals surface area contributed by atoms with Crippen molar-refractivity contribution in [1.82, 2.24) is 4.90 Å². The van der Waals surface area contributed by atoms with Crippen molar-refractivity contribution in [2.24, 2.45) is 5.92 Å². The third-order valence-electron chi connectivity index (χ3n) is 4.20. The predicted octanol–water partition coefficient (Wildman–Crippen LogP) is 1.02. The smallest absolute Gasteiger partial charge is 0.338 e. The summed E-state index contributed by atoms with van der Waals surface area (Å²) in [6, 6.07) is 5.80. The van der Waals surface area contributed by atoms with Gasteiger partial charge < -0.3 is 14.4 Å². The van der Waals surface area contributed by atoms with Crippen LogP contribution < -0.4 is 4.72 Å². The largest absolute Gasteiger partial charge is 0.466 e. The minimum Gasteiger partial charge on any atom is -0.466 e. The maximum atomic E-state index is 12.2. The number of likely N-dealkylation sites (tertiary alicyclic amines) is 1. The molecule has 1 fully saturated rings. The summed E-state index contributed by atoms with van der Waals surface area (Å²) in [5, 5.41) is 0. The first kappa shape index (κ1) is 21.7. The molecule has 1 aliphatic rings. The fourth-order valence-electron chi connectivity index (χ4n) is 2.85. The van der Waals surface area contributed by atoms with Crippen LogP contribution in [0.4, 0.5) is 5.69 Å². The van der Waals surface area contributed by atoms with Crippen molar-refractivity contribution in [3.63, 3.8) is 0 Å². The number of sulfonamides is 1. The number of hydrogen-bond donors (Lipinski definition) is 1. The molecule has 0 saturated carbocycles. The van der Waals surface area contributed by atoms with Crippen LogP contribution in [0.5, 0.6) is 0 Å². The van der Waals surface area contributed by atoms with E-state index >= 15 is 0 Å². The number of benzene rings is 1. The van der Waals surface area contributed by atoms with E-state index in [1.165, 1.54) is 24.3 Å². The van der Waals surface area contributed by atoms with Crippen LogP contribution in [0.3, 0.4) is 0 Å². The molecule has 1 amide bonds. The van der Waals surface area contributed by atoms with Crippen molar-refractivity contribution in [2.45, 2.75) is 19.8 Å². The van der Waals surface area contributed by atoms with E-state index in [9.17, 15) is 22.8 Å². The molecule has 1 aromatic carbocycles. The molecule has 1 N–H and O–H groups in total. The van der Waals surface area contributed by atoms with Gasteiger partial charge in [0.1, 0.15) is 0 Å². The highest BCUT2D eigenvalue weighted by Gasteiger charge is 2.28. The molecule has 1 aliphatic heterocycles. The fourth-order valence-corrected chi connectivity index (χ4v) is 3.41. The van der Waals surface area contributed by atoms with E-state index in [2.05, 4.69) is 4.72 Å². The van der Waals surface area contributed by atoms with Crippen LogP contribution in [-0.4, -0.2) is 63.7 Å². The molecular formula is C18H24N2O7S. The van der Waals surface area contributed by atoms with Gasteiger partial charge in [-0.2, -0.15) is 0 Å². The van der Waals surface area contributed by atoms with Crippen molar-refractivity contribution in [3.8, 4) is 0 Å². The third kappa shape index (κ3) is 6.52. The van der Waals surface area contributed by atoms with E-state index in [1.807, 2.05) is 0 Å². The number of anilines is 1. The summed E-state index contributed by atoms with van der Waals surface area (Å²) >= 11 is 0. The van der Waals surface area contributed by atoms with Crippen LogP contribution in [0.15, 0.2) is 24.3 Å². The molecule has 0 bridgehead atoms. The van der Waals surface area contributed by atoms with Gasteiger partial charge in [-0.15, -0.1) is 0 Å². The molecule has 9 nitrogen and oxygen atoms in total. The number of esters is 2. The molecule has 0 aliphatic carbocycles. The van der Waals surface area contributed by atoms with Gasteiger partial charge >= 0.3 is 11.9 Å². The number of nitrogens with zero attached hydrogens (tertiary/aromatic N) is 1. The van der Waals surface area contributed by atoms with Crippen LogP contribution in [0.2, 0.25) is 0 Å². The Labute approximate surface area is 164 Å². The quantitative estimate of drug-likeness (QED) is 0.664. The Morgan fingerprint density at radius 2 is 1.86 bits per heavy atom. The summed E-state index contributed by atoms with van der Waals surface area (Å²) in [5.41, 5.74) is 0.354. The maximum Gasteiger partial charge on any atom is 0.338 e. The van der Waals surface area contributed by atoms with Gasteiger partial charge in [0.2, 0.25) is 10.0 Å². The second-order valence-corrected chi connectivity index (χ2v) is 8.19. The van der Waals surface area contributed by atoms with E-state index < -0.39 is 22.6 Å². The summed E-state index contributed by atoms with van der Waals surface area (Å²) in [4.78, 5) is 37.6. The molecule has 0 radical (unpaired) electrons. The van der Waals surface area contributed by atoms with Crippen molar-refractivity contribution >= 4 is 33.6 Å². The zero-order chi connectivity index (χ0) is 20.7. The Bertz CT molecular complexity index is 830. The van der Waals surface area contributed by atoms with Gasteiger partial charge in [0.25, 0.3) is 5.91 Å². The SMILES string of the molecule is CCOC(=O)C1CCN(C(=O)COC(=O)c2cccc(NS(C)(=O)=O)c2)CC1. The third-order valence-corrected chi connectivity index (χ3v) is 4.80. The summed E-state index contributed by atoms with van der Waals surface area (Å²) < 4.78 is 34.8. The molecule has 0 spiro atoms. The highest BCUT2D eigenvalue weighted by Crippen LogP contribution is 2.19. The first-order chi connectivity index (χ1) is 13.2. The number of ether oxygens (including phenoxy) is 2. The summed E-state index contributed by atoms with van der Waals surface area (Å²) in [7, 11) is -3.47. The highest BCUT2D eigenvalue weighted by molar-refractivity contribution is 7.92. The van der Waals surface area contributed by atoms with Crippen molar-refractivity contribution in [3.05, 3.63) is 29.8 Å². The van der Waals surface area contributed by atoms with E-state index in [0.29, 0.717) is 32.5 Å². The molecule has 1 saturated heterocycles. The number of nitrogens with one attached hydrogen (secondary N) is 1. The van der Waals surface area contributed by atoms with Crippen LogP contribution in [0, 0.1) is 5.92 Å². The number of piperidine rings is 1. The minimum atomic E-state index is -3.47. The van der Waals surface area contributed by atoms with Gasteiger partial charge in [0.15, 0.2) is 6.61 Å². The van der Waals surface area contributed by atoms with Crippen molar-refractivity contribution in [2.75, 3.05) is 37.3 Å². The number of carbonyl (C=O) groups excluding carboxylic acids is 3. The number of hydrogen-bond acceptors (Lipinski definition) is 7. The average molecular weight is 412 g/mol. The number of carbonyl (C=O) groups is 3. The van der Waals surface area contributed by atoms with Crippen LogP contribution in [0.1, 0.15) is 30.1 Å². The van der Waals surface area contributed by atoms with Crippen LogP contribution >= 0.6 is 0 Å². The normalized spacial score (nSPS) is 15.0. The summed E-state index contributed by atoms with van der Waals surface area (Å²) in [5.74, 6) is -1.53. The van der Waals surface area contributed by atoms with Gasteiger partial charge in [0, 0.05) is 18.8 Å². The molecule has 1 aromatic rings. The van der Waals surface area contributed by atoms with Gasteiger partial charge in [-0.25, -0.2) is 13.2 Å². The van der Waals surface area contributed by atoms with Crippen LogP contribution in [-0.2, 0) is 29.1 Å². The van der Waals surface area contributed by atoms with Crippen molar-refractivity contribution < 1.29 is 32.3 Å². The molecule has 1 heterocycles. The Morgan fingerprint density at radius 1 is 1.18 bits per heavy atom. The van der Waals surface area contributed by atoms with E-state index in [1.54, 1.807) is 11.8 Å². The van der Waals surface area contributed by atoms with E-state index in [0.717, 1.165) is 6.26 Å². The maximum absolute atomic E-state index is 12.2. The zero-order valence-electron chi connectivity index (χ0n) is 15.8. The van der Waals surface area contributed by atoms with Gasteiger partial charge in [-0.05, 0) is 38.0 Å². The number of rotatable bonds is 7. The lowest BCUT2D eigenvalue weighted by Gasteiger charge is -2.30. The highest BCUT2D eigenvalue weighted by atomic mass is 32.2. The Hall–Kier alpha value is -2.62. The molecule has 0 atom stereocenters. The number of amides is 1. The van der Waals surface area contributed by atoms with E-state index in [-0.39, 0.29) is 29.0 Å². The zero-order valence-corrected chi connectivity index (χ0v) is 16.7. The molecule has 0 unspecified atom stereocenters. The van der Waals surface area contributed by atoms with Gasteiger partial charge in [0.05, 0.1) is 24.3 Å². The topological polar surface area (TPSA) is 119 Å². The molecule has 154 valence electrons. The summed E-state index contributed by atoms with van der Waals surface area (Å²) in [6.07, 6.45) is 2.03. The molecule has 2 rings (SSSR count). The van der Waals surface area contributed by atoms with Gasteiger partial charge in [-0.3, -0.25) is 14.3 Å². The summed E-state index contributed by atoms with van der Waals surface area (Å²) in [6.45, 7) is 2.45. The Kier molecular flexibility index (Phi) is 7.38. The Morgan fingerprint density at radius 3 is 2.46 bits per heavy atom. The van der Waals surface area contributed by atoms with Gasteiger partial charge in [-0.1, -0.05) is 6.07 Å². The molecular weight excluding hydrogens is 388 g/mol. The lowest BCUT2D eigenvalue weighted by Crippen LogP contribution is -2.42. The molecule has 28 heavy (non-hydrogen) atoms. The average Bonchev–Trinajstić information content (AvgIpc) is 2.65. The monoisotopic (exact) mass is 412 g/mol. The first-order valence-corrected chi connectivity index (χ1v) is 10.8. The second kappa shape index (κ2) is 9.54. The predicted molar refractivity (Wildman–Crippen MR) is 101 cm³/mol. The minimum absolute atomic E-state index is 0.127. The van der Waals surface area contributed by atoms with Crippen LogP contribution in [0.25, 0.3) is 0 Å². The molecule has 10 heteroatoms. The lowest BCUT2D eigenvalue weighted by atomic mass is 9.97. The standard InChI is InChI=1S/C18H24N2O7S/c1-3-26-17(22)13-7-9-20(10-8-13)16(21)12-27-18(23)14-5-4-6-15(11-14)19-28(2,24)25/h4-6,11,13,19H,3,7-10,12H2,1-2H3. The second-order valence-electron chi connectivity index (χ2n) is 6.44. The lowest BCUT2D eigenvalue weighted by molar-refractivity contribution is -0.151. The van der Waals surface area contributed by atoms with E-state index in [4.69, 9.17) is 9.47 Å². The van der Waals surface area contributed by atoms with Crippen molar-refractivity contribution in [1.29, 1.82) is 0 Å².